The lowest BCUT2D eigenvalue weighted by Gasteiger charge is -2.33. The van der Waals surface area contributed by atoms with Crippen LogP contribution in [0.2, 0.25) is 0 Å². The van der Waals surface area contributed by atoms with Gasteiger partial charge in [0, 0.05) is 25.7 Å². The zero-order valence-electron chi connectivity index (χ0n) is 23.8. The molecule has 0 saturated carbocycles. The van der Waals surface area contributed by atoms with Crippen molar-refractivity contribution in [2.45, 2.75) is 74.2 Å². The minimum Gasteiger partial charge on any atom is -0.447 e. The van der Waals surface area contributed by atoms with Crippen molar-refractivity contribution in [3.63, 3.8) is 0 Å². The maximum Gasteiger partial charge on any atom is 0.298 e. The second-order valence-electron chi connectivity index (χ2n) is 11.9. The topological polar surface area (TPSA) is 113 Å². The number of likely N-dealkylation sites (tertiary alicyclic amines) is 1. The summed E-state index contributed by atoms with van der Waals surface area (Å²) in [5.41, 5.74) is 4.46. The summed E-state index contributed by atoms with van der Waals surface area (Å²) in [6.07, 6.45) is 1.55. The average Bonchev–Trinajstić information content (AvgIpc) is 3.65. The molecule has 1 saturated heterocycles. The molecule has 0 bridgehead atoms. The molecule has 6 heterocycles. The molecule has 1 fully saturated rings. The van der Waals surface area contributed by atoms with Gasteiger partial charge >= 0.3 is 0 Å². The van der Waals surface area contributed by atoms with Gasteiger partial charge < -0.3 is 20.3 Å². The van der Waals surface area contributed by atoms with Crippen LogP contribution in [0.4, 0.5) is 19.0 Å². The highest BCUT2D eigenvalue weighted by Gasteiger charge is 2.40. The van der Waals surface area contributed by atoms with Gasteiger partial charge in [-0.1, -0.05) is 6.07 Å². The molecule has 3 aromatic rings. The Bertz CT molecular complexity index is 1530. The van der Waals surface area contributed by atoms with E-state index in [1.807, 2.05) is 32.7 Å². The summed E-state index contributed by atoms with van der Waals surface area (Å²) in [6.45, 7) is 6.96. The monoisotopic (exact) mass is 605 g/mol. The van der Waals surface area contributed by atoms with Crippen LogP contribution in [0, 0.1) is 0 Å². The Hall–Kier alpha value is -3.46. The van der Waals surface area contributed by atoms with Crippen molar-refractivity contribution >= 4 is 34.9 Å². The number of carbonyl (C=O) groups is 1. The molecule has 3 atom stereocenters. The van der Waals surface area contributed by atoms with Crippen LogP contribution in [-0.2, 0) is 16.7 Å². The number of alkyl halides is 3. The van der Waals surface area contributed by atoms with Crippen molar-refractivity contribution < 1.29 is 22.7 Å². The summed E-state index contributed by atoms with van der Waals surface area (Å²) in [5.74, 6) is 0.345. The van der Waals surface area contributed by atoms with Gasteiger partial charge in [0.1, 0.15) is 17.7 Å². The van der Waals surface area contributed by atoms with Gasteiger partial charge in [-0.15, -0.1) is 5.10 Å². The molecule has 0 radical (unpaired) electrons. The quantitative estimate of drug-likeness (QED) is 0.390. The third-order valence-electron chi connectivity index (χ3n) is 7.60. The molecule has 11 nitrogen and oxygen atoms in total. The Morgan fingerprint density at radius 2 is 2.12 bits per heavy atom. The van der Waals surface area contributed by atoms with Crippen LogP contribution in [0.15, 0.2) is 34.5 Å². The number of hydrogen-bond donors (Lipinski definition) is 3. The average molecular weight is 606 g/mol. The number of anilines is 1. The minimum atomic E-state index is -3.02. The van der Waals surface area contributed by atoms with Crippen LogP contribution in [0.5, 0.6) is 0 Å². The van der Waals surface area contributed by atoms with E-state index < -0.39 is 23.7 Å². The normalized spacial score (nSPS) is 24.1. The fraction of sp³-hybridized carbons (Fsp3) is 0.556. The van der Waals surface area contributed by atoms with Crippen LogP contribution in [0.1, 0.15) is 61.5 Å². The van der Waals surface area contributed by atoms with Gasteiger partial charge in [0.15, 0.2) is 0 Å². The van der Waals surface area contributed by atoms with Crippen LogP contribution >= 0.6 is 11.8 Å². The maximum absolute atomic E-state index is 14.9. The Balaban J connectivity index is 1.22. The van der Waals surface area contributed by atoms with Crippen molar-refractivity contribution in [2.24, 2.45) is 5.10 Å². The molecule has 0 aromatic carbocycles. The number of halogens is 3. The number of nitrogens with zero attached hydrogens (tertiary/aromatic N) is 6. The number of amides is 1. The summed E-state index contributed by atoms with van der Waals surface area (Å²) in [4.78, 5) is 14.9. The van der Waals surface area contributed by atoms with E-state index in [1.165, 1.54) is 6.20 Å². The number of rotatable bonds is 6. The second-order valence-corrected chi connectivity index (χ2v) is 13.1. The summed E-state index contributed by atoms with van der Waals surface area (Å²) >= 11 is 0.449. The van der Waals surface area contributed by atoms with E-state index in [1.54, 1.807) is 27.5 Å². The highest BCUT2D eigenvalue weighted by atomic mass is 32.2. The molecule has 3 aliphatic heterocycles. The molecule has 42 heavy (non-hydrogen) atoms. The molecule has 3 aromatic heterocycles. The van der Waals surface area contributed by atoms with E-state index in [-0.39, 0.29) is 47.3 Å². The maximum atomic E-state index is 14.9. The number of aryl methyl sites for hydroxylation is 1. The van der Waals surface area contributed by atoms with Crippen molar-refractivity contribution in [1.82, 2.24) is 35.0 Å². The van der Waals surface area contributed by atoms with Gasteiger partial charge in [0.2, 0.25) is 12.1 Å². The molecule has 15 heteroatoms. The van der Waals surface area contributed by atoms with E-state index in [0.717, 1.165) is 12.1 Å². The summed E-state index contributed by atoms with van der Waals surface area (Å²) in [7, 11) is 1.88. The number of ether oxygens (including phenoxy) is 1. The Morgan fingerprint density at radius 3 is 2.86 bits per heavy atom. The number of pyridine rings is 1. The number of nitrogens with one attached hydrogen (secondary N) is 3. The van der Waals surface area contributed by atoms with Gasteiger partial charge in [-0.25, -0.2) is 8.91 Å². The largest absolute Gasteiger partial charge is 0.447 e. The first-order valence-electron chi connectivity index (χ1n) is 13.9. The molecule has 3 N–H and O–H groups in total. The smallest absolute Gasteiger partial charge is 0.298 e. The first-order valence-corrected chi connectivity index (χ1v) is 14.7. The fourth-order valence-electron chi connectivity index (χ4n) is 5.26. The molecule has 3 unspecified atom stereocenters. The third-order valence-corrected chi connectivity index (χ3v) is 8.71. The standard InChI is InChI=1S/C27H34F3N9O2S/c1-26(2,3)38-13-16(11-32-38)24(40)31-12-20-34-35-25(41-20)21-23-22-15(7-9-27(29,30)42-23)5-6-19(39(22)36-21)33-18-8-10-37(4)14-17(18)28/h5-6,11,13,17-18,25,33,35H,7-10,12,14H2,1-4H3,(H,31,40). The number of hydrazone groups is 1. The number of piperidine rings is 1. The first kappa shape index (κ1) is 28.6. The Kier molecular flexibility index (Phi) is 7.28. The predicted molar refractivity (Wildman–Crippen MR) is 153 cm³/mol. The zero-order valence-corrected chi connectivity index (χ0v) is 24.6. The minimum absolute atomic E-state index is 0.0267. The van der Waals surface area contributed by atoms with E-state index in [0.29, 0.717) is 41.6 Å². The predicted octanol–water partition coefficient (Wildman–Crippen LogP) is 3.73. The van der Waals surface area contributed by atoms with Gasteiger partial charge in [0.25, 0.3) is 11.2 Å². The van der Waals surface area contributed by atoms with Gasteiger partial charge in [0.05, 0.1) is 40.3 Å². The van der Waals surface area contributed by atoms with Crippen molar-refractivity contribution in [1.29, 1.82) is 0 Å². The zero-order chi connectivity index (χ0) is 29.8. The van der Waals surface area contributed by atoms with Gasteiger partial charge in [-0.2, -0.15) is 19.0 Å². The van der Waals surface area contributed by atoms with Crippen LogP contribution in [-0.4, -0.2) is 80.2 Å². The van der Waals surface area contributed by atoms with Crippen LogP contribution in [0.3, 0.4) is 0 Å². The van der Waals surface area contributed by atoms with E-state index in [4.69, 9.17) is 4.74 Å². The van der Waals surface area contributed by atoms with Crippen molar-refractivity contribution in [2.75, 3.05) is 32.0 Å². The summed E-state index contributed by atoms with van der Waals surface area (Å²) in [6, 6.07) is 3.14. The molecule has 3 aliphatic rings. The number of carbonyl (C=O) groups excluding carboxylic acids is 1. The lowest BCUT2D eigenvalue weighted by molar-refractivity contribution is 0.0948. The molecule has 0 spiro atoms. The first-order chi connectivity index (χ1) is 19.9. The number of hydrogen-bond acceptors (Lipinski definition) is 9. The molecular weight excluding hydrogens is 571 g/mol. The van der Waals surface area contributed by atoms with Gasteiger partial charge in [-0.05, 0) is 64.1 Å². The summed E-state index contributed by atoms with van der Waals surface area (Å²) < 4.78 is 53.9. The van der Waals surface area contributed by atoms with E-state index >= 15 is 0 Å². The third kappa shape index (κ3) is 5.63. The molecule has 0 aliphatic carbocycles. The molecule has 1 amide bonds. The van der Waals surface area contributed by atoms with Crippen LogP contribution < -0.4 is 16.1 Å². The summed E-state index contributed by atoms with van der Waals surface area (Å²) in [5, 5.41) is 16.1. The second kappa shape index (κ2) is 10.7. The Morgan fingerprint density at radius 1 is 1.31 bits per heavy atom. The lowest BCUT2D eigenvalue weighted by Crippen LogP contribution is -2.46. The van der Waals surface area contributed by atoms with Crippen molar-refractivity contribution in [3.8, 4) is 0 Å². The molecule has 6 rings (SSSR count). The molecule has 226 valence electrons. The van der Waals surface area contributed by atoms with E-state index in [9.17, 15) is 18.0 Å². The lowest BCUT2D eigenvalue weighted by atomic mass is 10.0. The number of thioether (sulfide) groups is 1. The van der Waals surface area contributed by atoms with Crippen molar-refractivity contribution in [3.05, 3.63) is 41.3 Å². The fourth-order valence-corrected chi connectivity index (χ4v) is 6.33. The van der Waals surface area contributed by atoms with Gasteiger partial charge in [-0.3, -0.25) is 14.9 Å². The van der Waals surface area contributed by atoms with E-state index in [2.05, 4.69) is 31.4 Å². The Labute approximate surface area is 245 Å². The SMILES string of the molecule is CN1CCC(Nc2ccc3c4c(c(C5NN=C(CNC(=O)c6cnn(C(C)(C)C)c6)O5)nn24)SC(F)(F)CC3)C(F)C1. The van der Waals surface area contributed by atoms with Crippen LogP contribution in [0.25, 0.3) is 5.52 Å². The number of aromatic nitrogens is 4. The highest BCUT2D eigenvalue weighted by molar-refractivity contribution is 8.00. The molecular formula is C27H34F3N9O2S. The highest BCUT2D eigenvalue weighted by Crippen LogP contribution is 2.48.